The van der Waals surface area contributed by atoms with Crippen LogP contribution in [0.2, 0.25) is 0 Å². The highest BCUT2D eigenvalue weighted by Crippen LogP contribution is 2.39. The molecule has 6 aromatic rings. The Bertz CT molecular complexity index is 2700. The monoisotopic (exact) mass is 820 g/mol. The molecule has 0 unspecified atom stereocenters. The Morgan fingerprint density at radius 1 is 0.621 bits per heavy atom. The third kappa shape index (κ3) is 8.17. The molecule has 0 aliphatic carbocycles. The van der Waals surface area contributed by atoms with Crippen LogP contribution in [0.3, 0.4) is 0 Å². The van der Waals surface area contributed by atoms with Gasteiger partial charge in [-0.2, -0.15) is 0 Å². The molecule has 1 N–H and O–H groups in total. The number of amides is 3. The van der Waals surface area contributed by atoms with Crippen molar-refractivity contribution in [2.24, 2.45) is 0 Å². The normalized spacial score (nSPS) is 16.3. The summed E-state index contributed by atoms with van der Waals surface area (Å²) in [6.07, 6.45) is 6.04. The second-order valence-corrected chi connectivity index (χ2v) is 18.3. The zero-order chi connectivity index (χ0) is 41.4. The number of carbonyl (C=O) groups excluding carboxylic acids is 3. The molecule has 298 valence electrons. The fraction of sp³-hybridized carbons (Fsp3) is 0.186. The first kappa shape index (κ1) is 39.8. The number of benzene rings is 4. The summed E-state index contributed by atoms with van der Waals surface area (Å²) in [4.78, 5) is 43.0. The van der Waals surface area contributed by atoms with Crippen molar-refractivity contribution in [3.05, 3.63) is 133 Å². The number of fused-ring (bicyclic) bond motifs is 2. The molecular formula is C43H40N4O9S2. The van der Waals surface area contributed by atoms with Crippen LogP contribution in [0.25, 0.3) is 22.3 Å². The summed E-state index contributed by atoms with van der Waals surface area (Å²) in [7, 11) is -6.53. The van der Waals surface area contributed by atoms with Crippen molar-refractivity contribution >= 4 is 60.6 Å². The number of nitrogens with zero attached hydrogens (tertiary/aromatic N) is 3. The minimum Gasteiger partial charge on any atom is -0.459 e. The van der Waals surface area contributed by atoms with Crippen molar-refractivity contribution in [3.8, 4) is 22.3 Å². The molecule has 0 bridgehead atoms. The topological polar surface area (TPSA) is 168 Å². The molecule has 15 heteroatoms. The highest BCUT2D eigenvalue weighted by atomic mass is 32.2. The lowest BCUT2D eigenvalue weighted by Gasteiger charge is -2.39. The number of rotatable bonds is 7. The standard InChI is InChI=1S/C22H20N2O5S.C21H20N2O4S/c1-15-13-23(22(26)21-4-3-11-29-21)20-12-17(7-10-19(20)24(15)14-25)16-5-8-18(9-6-16)30(2,27)28;1-14-13-23(21(24)20-4-3-11-27-20)19-12-16(7-10-18(19)22-14)15-5-8-17(9-6-15)28(2,25)26/h3-12,14-15H,13H2,1-2H3;3-12,14,22H,13H2,1-2H3/t15-;14-/m00/s1. The number of nitrogens with one attached hydrogen (secondary N) is 1. The quantitative estimate of drug-likeness (QED) is 0.163. The van der Waals surface area contributed by atoms with Gasteiger partial charge >= 0.3 is 0 Å². The van der Waals surface area contributed by atoms with Crippen molar-refractivity contribution in [3.63, 3.8) is 0 Å². The van der Waals surface area contributed by atoms with Gasteiger partial charge in [-0.15, -0.1) is 0 Å². The van der Waals surface area contributed by atoms with Crippen LogP contribution in [0.15, 0.2) is 140 Å². The summed E-state index contributed by atoms with van der Waals surface area (Å²) in [5.41, 5.74) is 6.22. The van der Waals surface area contributed by atoms with E-state index >= 15 is 0 Å². The Kier molecular flexibility index (Phi) is 10.9. The lowest BCUT2D eigenvalue weighted by Crippen LogP contribution is -2.49. The average Bonchev–Trinajstić information content (AvgIpc) is 3.96. The van der Waals surface area contributed by atoms with E-state index in [0.29, 0.717) is 30.2 Å². The average molecular weight is 821 g/mol. The summed E-state index contributed by atoms with van der Waals surface area (Å²) in [5, 5.41) is 3.39. The van der Waals surface area contributed by atoms with E-state index in [4.69, 9.17) is 8.83 Å². The van der Waals surface area contributed by atoms with Crippen LogP contribution in [0.1, 0.15) is 35.0 Å². The number of hydrogen-bond donors (Lipinski definition) is 1. The van der Waals surface area contributed by atoms with Gasteiger partial charge in [0.2, 0.25) is 6.41 Å². The molecule has 8 rings (SSSR count). The Hall–Kier alpha value is -6.45. The highest BCUT2D eigenvalue weighted by molar-refractivity contribution is 7.91. The summed E-state index contributed by atoms with van der Waals surface area (Å²) in [5.74, 6) is 0.0333. The van der Waals surface area contributed by atoms with Gasteiger partial charge < -0.3 is 28.9 Å². The number of sulfone groups is 2. The molecule has 2 aliphatic heterocycles. The first-order chi connectivity index (χ1) is 27.6. The van der Waals surface area contributed by atoms with E-state index < -0.39 is 19.7 Å². The third-order valence-electron chi connectivity index (χ3n) is 9.91. The van der Waals surface area contributed by atoms with Crippen LogP contribution >= 0.6 is 0 Å². The van der Waals surface area contributed by atoms with Crippen LogP contribution in [0.4, 0.5) is 22.7 Å². The van der Waals surface area contributed by atoms with E-state index in [1.54, 1.807) is 93.6 Å². The summed E-state index contributed by atoms with van der Waals surface area (Å²) in [6.45, 7) is 4.73. The molecule has 3 amide bonds. The Morgan fingerprint density at radius 2 is 1.09 bits per heavy atom. The Balaban J connectivity index is 0.000000177. The molecule has 2 aliphatic rings. The van der Waals surface area contributed by atoms with E-state index in [2.05, 4.69) is 5.32 Å². The van der Waals surface area contributed by atoms with E-state index in [0.717, 1.165) is 46.3 Å². The third-order valence-corrected chi connectivity index (χ3v) is 12.2. The number of anilines is 4. The molecule has 58 heavy (non-hydrogen) atoms. The molecule has 0 spiro atoms. The lowest BCUT2D eigenvalue weighted by molar-refractivity contribution is -0.107. The van der Waals surface area contributed by atoms with E-state index in [9.17, 15) is 31.2 Å². The minimum atomic E-state index is -3.29. The molecule has 0 saturated carbocycles. The lowest BCUT2D eigenvalue weighted by atomic mass is 10.0. The number of furan rings is 2. The maximum atomic E-state index is 13.0. The molecule has 13 nitrogen and oxygen atoms in total. The summed E-state index contributed by atoms with van der Waals surface area (Å²) < 4.78 is 57.3. The predicted molar refractivity (Wildman–Crippen MR) is 222 cm³/mol. The molecule has 0 fully saturated rings. The van der Waals surface area contributed by atoms with Gasteiger partial charge in [0.15, 0.2) is 31.2 Å². The van der Waals surface area contributed by atoms with E-state index in [-0.39, 0.29) is 39.4 Å². The minimum absolute atomic E-state index is 0.103. The number of carbonyl (C=O) groups is 3. The molecule has 4 heterocycles. The largest absolute Gasteiger partial charge is 0.459 e. The zero-order valence-corrected chi connectivity index (χ0v) is 33.7. The van der Waals surface area contributed by atoms with Gasteiger partial charge in [-0.25, -0.2) is 16.8 Å². The SMILES string of the molecule is C[C@H]1CN(C(=O)c2ccco2)c2cc(-c3ccc(S(C)(=O)=O)cc3)ccc2N1.C[C@H]1CN(C(=O)c2ccco2)c2cc(-c3ccc(S(C)(=O)=O)cc3)ccc2N1C=O. The van der Waals surface area contributed by atoms with E-state index in [1.807, 2.05) is 44.2 Å². The van der Waals surface area contributed by atoms with Crippen molar-refractivity contribution in [1.29, 1.82) is 0 Å². The number of hydrogen-bond acceptors (Lipinski definition) is 10. The summed E-state index contributed by atoms with van der Waals surface area (Å²) >= 11 is 0. The van der Waals surface area contributed by atoms with Gasteiger partial charge in [-0.05, 0) is 109 Å². The zero-order valence-electron chi connectivity index (χ0n) is 32.0. The van der Waals surface area contributed by atoms with Crippen LogP contribution in [-0.4, -0.2) is 72.7 Å². The van der Waals surface area contributed by atoms with Crippen LogP contribution < -0.4 is 20.0 Å². The van der Waals surface area contributed by atoms with Gasteiger partial charge in [0.05, 0.1) is 51.1 Å². The second kappa shape index (κ2) is 15.8. The molecule has 2 aromatic heterocycles. The molecule has 0 saturated heterocycles. The van der Waals surface area contributed by atoms with Crippen molar-refractivity contribution < 1.29 is 40.1 Å². The van der Waals surface area contributed by atoms with E-state index in [1.165, 1.54) is 18.8 Å². The first-order valence-corrected chi connectivity index (χ1v) is 22.0. The van der Waals surface area contributed by atoms with Gasteiger partial charge in [0.25, 0.3) is 11.8 Å². The first-order valence-electron chi connectivity index (χ1n) is 18.2. The van der Waals surface area contributed by atoms with Crippen LogP contribution in [0, 0.1) is 0 Å². The Labute approximate surface area is 336 Å². The second-order valence-electron chi connectivity index (χ2n) is 14.2. The van der Waals surface area contributed by atoms with Crippen molar-refractivity contribution in [2.75, 3.05) is 45.6 Å². The van der Waals surface area contributed by atoms with Crippen LogP contribution in [-0.2, 0) is 24.5 Å². The molecule has 2 atom stereocenters. The molecule has 0 radical (unpaired) electrons. The maximum Gasteiger partial charge on any atom is 0.294 e. The predicted octanol–water partition coefficient (Wildman–Crippen LogP) is 7.17. The van der Waals surface area contributed by atoms with Gasteiger partial charge in [-0.1, -0.05) is 36.4 Å². The fourth-order valence-electron chi connectivity index (χ4n) is 6.97. The van der Waals surface area contributed by atoms with Gasteiger partial charge in [0.1, 0.15) is 0 Å². The fourth-order valence-corrected chi connectivity index (χ4v) is 8.23. The van der Waals surface area contributed by atoms with Gasteiger partial charge in [0, 0.05) is 31.6 Å². The maximum absolute atomic E-state index is 13.0. The van der Waals surface area contributed by atoms with Crippen molar-refractivity contribution in [2.45, 2.75) is 35.7 Å². The molecular weight excluding hydrogens is 781 g/mol. The Morgan fingerprint density at radius 3 is 1.55 bits per heavy atom. The van der Waals surface area contributed by atoms with Gasteiger partial charge in [-0.3, -0.25) is 14.4 Å². The summed E-state index contributed by atoms with van der Waals surface area (Å²) in [6, 6.07) is 31.1. The molecule has 4 aromatic carbocycles. The van der Waals surface area contributed by atoms with Crippen LogP contribution in [0.5, 0.6) is 0 Å². The highest BCUT2D eigenvalue weighted by Gasteiger charge is 2.33. The van der Waals surface area contributed by atoms with Crippen molar-refractivity contribution in [1.82, 2.24) is 0 Å². The smallest absolute Gasteiger partial charge is 0.294 e.